The van der Waals surface area contributed by atoms with Gasteiger partial charge in [-0.3, -0.25) is 19.7 Å². The van der Waals surface area contributed by atoms with E-state index in [2.05, 4.69) is 20.2 Å². The molecule has 1 aromatic heterocycles. The van der Waals surface area contributed by atoms with Crippen LogP contribution in [0.15, 0.2) is 67.1 Å². The number of piperidine rings is 1. The smallest absolute Gasteiger partial charge is 0.251 e. The van der Waals surface area contributed by atoms with Gasteiger partial charge in [0.2, 0.25) is 0 Å². The first kappa shape index (κ1) is 20.1. The van der Waals surface area contributed by atoms with Crippen LogP contribution in [0, 0.1) is 11.6 Å². The zero-order chi connectivity index (χ0) is 20.9. The molecule has 1 saturated heterocycles. The van der Waals surface area contributed by atoms with Crippen molar-refractivity contribution in [1.29, 1.82) is 0 Å². The van der Waals surface area contributed by atoms with Gasteiger partial charge < -0.3 is 5.32 Å². The van der Waals surface area contributed by atoms with Crippen molar-refractivity contribution in [3.63, 3.8) is 0 Å². The Morgan fingerprint density at radius 3 is 2.50 bits per heavy atom. The topological polar surface area (TPSA) is 58.1 Å². The number of halogens is 2. The maximum absolute atomic E-state index is 14.6. The second-order valence-electron chi connectivity index (χ2n) is 7.35. The summed E-state index contributed by atoms with van der Waals surface area (Å²) in [7, 11) is 0. The van der Waals surface area contributed by atoms with Crippen LogP contribution in [0.5, 0.6) is 0 Å². The molecule has 1 fully saturated rings. The first-order chi connectivity index (χ1) is 14.6. The molecule has 0 saturated carbocycles. The molecule has 0 radical (unpaired) electrons. The number of benzene rings is 2. The number of hydrogen-bond acceptors (Lipinski definition) is 4. The summed E-state index contributed by atoms with van der Waals surface area (Å²) in [6.45, 7) is 1.27. The van der Waals surface area contributed by atoms with E-state index < -0.39 is 17.7 Å². The van der Waals surface area contributed by atoms with Crippen molar-refractivity contribution < 1.29 is 13.6 Å². The lowest BCUT2D eigenvalue weighted by molar-refractivity contribution is 0.0899. The molecule has 2 aromatic carbocycles. The Kier molecular flexibility index (Phi) is 6.09. The van der Waals surface area contributed by atoms with Crippen LogP contribution in [-0.4, -0.2) is 39.9 Å². The van der Waals surface area contributed by atoms with Gasteiger partial charge in [0.05, 0.1) is 17.9 Å². The Labute approximate surface area is 173 Å². The zero-order valence-electron chi connectivity index (χ0n) is 16.3. The monoisotopic (exact) mass is 408 g/mol. The summed E-state index contributed by atoms with van der Waals surface area (Å²) in [6, 6.07) is 12.3. The van der Waals surface area contributed by atoms with Gasteiger partial charge in [-0.1, -0.05) is 24.3 Å². The average Bonchev–Trinajstić information content (AvgIpc) is 2.78. The Balaban J connectivity index is 1.49. The van der Waals surface area contributed by atoms with Gasteiger partial charge in [0.25, 0.3) is 5.91 Å². The third kappa shape index (κ3) is 4.52. The minimum absolute atomic E-state index is 0.0366. The van der Waals surface area contributed by atoms with Gasteiger partial charge in [-0.05, 0) is 31.0 Å². The number of nitrogens with one attached hydrogen (secondary N) is 1. The maximum Gasteiger partial charge on any atom is 0.251 e. The third-order valence-electron chi connectivity index (χ3n) is 5.39. The van der Waals surface area contributed by atoms with Crippen LogP contribution in [-0.2, 0) is 0 Å². The van der Waals surface area contributed by atoms with Gasteiger partial charge in [-0.2, -0.15) is 0 Å². The van der Waals surface area contributed by atoms with Crippen molar-refractivity contribution >= 4 is 5.91 Å². The summed E-state index contributed by atoms with van der Waals surface area (Å²) in [5, 5.41) is 3.08. The lowest BCUT2D eigenvalue weighted by Gasteiger charge is -2.37. The second kappa shape index (κ2) is 9.09. The maximum atomic E-state index is 14.6. The van der Waals surface area contributed by atoms with Gasteiger partial charge in [-0.25, -0.2) is 8.78 Å². The van der Waals surface area contributed by atoms with E-state index >= 15 is 0 Å². The lowest BCUT2D eigenvalue weighted by Crippen LogP contribution is -2.46. The van der Waals surface area contributed by atoms with E-state index in [9.17, 15) is 13.6 Å². The Bertz CT molecular complexity index is 993. The van der Waals surface area contributed by atoms with Crippen LogP contribution >= 0.6 is 0 Å². The Hall–Kier alpha value is -3.19. The predicted molar refractivity (Wildman–Crippen MR) is 109 cm³/mol. The van der Waals surface area contributed by atoms with Crippen molar-refractivity contribution in [2.24, 2.45) is 0 Å². The van der Waals surface area contributed by atoms with Gasteiger partial charge >= 0.3 is 0 Å². The van der Waals surface area contributed by atoms with Crippen LogP contribution in [0.4, 0.5) is 8.78 Å². The molecular formula is C23H22F2N4O. The summed E-state index contributed by atoms with van der Waals surface area (Å²) in [5.74, 6) is -1.31. The SMILES string of the molecule is O=C(NC1CCN(C(c2cnccn2)c2ccc(F)cc2F)CC1)c1ccccc1. The molecule has 5 nitrogen and oxygen atoms in total. The summed E-state index contributed by atoms with van der Waals surface area (Å²) in [5.41, 5.74) is 1.60. The fraction of sp³-hybridized carbons (Fsp3) is 0.261. The highest BCUT2D eigenvalue weighted by Gasteiger charge is 2.30. The molecule has 1 aliphatic rings. The van der Waals surface area contributed by atoms with Crippen LogP contribution in [0.25, 0.3) is 0 Å². The van der Waals surface area contributed by atoms with Gasteiger partial charge in [0.15, 0.2) is 0 Å². The molecule has 2 heterocycles. The van der Waals surface area contributed by atoms with E-state index in [0.29, 0.717) is 29.9 Å². The molecule has 1 atom stereocenters. The number of nitrogens with zero attached hydrogens (tertiary/aromatic N) is 3. The standard InChI is InChI=1S/C23H22F2N4O/c24-17-6-7-19(20(25)14-17)22(21-15-26-10-11-27-21)29-12-8-18(9-13-29)28-23(30)16-4-2-1-3-5-16/h1-7,10-11,14-15,18,22H,8-9,12-13H2,(H,28,30). The number of likely N-dealkylation sites (tertiary alicyclic amines) is 1. The molecule has 0 aliphatic carbocycles. The Morgan fingerprint density at radius 2 is 1.83 bits per heavy atom. The average molecular weight is 408 g/mol. The molecular weight excluding hydrogens is 386 g/mol. The summed E-state index contributed by atoms with van der Waals surface area (Å²) in [6.07, 6.45) is 6.18. The van der Waals surface area contributed by atoms with Gasteiger partial charge in [0, 0.05) is 48.7 Å². The molecule has 1 N–H and O–H groups in total. The van der Waals surface area contributed by atoms with E-state index in [0.717, 1.165) is 18.9 Å². The summed E-state index contributed by atoms with van der Waals surface area (Å²) < 4.78 is 28.1. The second-order valence-corrected chi connectivity index (χ2v) is 7.35. The number of aromatic nitrogens is 2. The molecule has 154 valence electrons. The molecule has 1 amide bonds. The van der Waals surface area contributed by atoms with Crippen LogP contribution in [0.1, 0.15) is 40.5 Å². The minimum atomic E-state index is -0.614. The van der Waals surface area contributed by atoms with Crippen molar-refractivity contribution in [3.8, 4) is 0 Å². The number of carbonyl (C=O) groups is 1. The van der Waals surface area contributed by atoms with Crippen LogP contribution in [0.2, 0.25) is 0 Å². The van der Waals surface area contributed by atoms with E-state index in [1.54, 1.807) is 30.7 Å². The largest absolute Gasteiger partial charge is 0.349 e. The predicted octanol–water partition coefficient (Wildman–Crippen LogP) is 3.74. The first-order valence-electron chi connectivity index (χ1n) is 9.92. The van der Waals surface area contributed by atoms with E-state index in [-0.39, 0.29) is 11.9 Å². The van der Waals surface area contributed by atoms with Crippen LogP contribution < -0.4 is 5.32 Å². The number of amides is 1. The molecule has 0 spiro atoms. The van der Waals surface area contributed by atoms with E-state index in [1.165, 1.54) is 12.1 Å². The van der Waals surface area contributed by atoms with Gasteiger partial charge in [0.1, 0.15) is 11.6 Å². The highest BCUT2D eigenvalue weighted by atomic mass is 19.1. The number of hydrogen-bond donors (Lipinski definition) is 1. The van der Waals surface area contributed by atoms with Crippen molar-refractivity contribution in [1.82, 2.24) is 20.2 Å². The van der Waals surface area contributed by atoms with Gasteiger partial charge in [-0.15, -0.1) is 0 Å². The summed E-state index contributed by atoms with van der Waals surface area (Å²) in [4.78, 5) is 23.0. The van der Waals surface area contributed by atoms with E-state index in [4.69, 9.17) is 0 Å². The molecule has 1 aliphatic heterocycles. The van der Waals surface area contributed by atoms with Crippen molar-refractivity contribution in [2.75, 3.05) is 13.1 Å². The highest BCUT2D eigenvalue weighted by Crippen LogP contribution is 2.31. The molecule has 1 unspecified atom stereocenters. The van der Waals surface area contributed by atoms with Crippen LogP contribution in [0.3, 0.4) is 0 Å². The normalized spacial score (nSPS) is 16.2. The van der Waals surface area contributed by atoms with E-state index in [1.807, 2.05) is 18.2 Å². The molecule has 7 heteroatoms. The summed E-state index contributed by atoms with van der Waals surface area (Å²) >= 11 is 0. The number of rotatable bonds is 5. The molecule has 30 heavy (non-hydrogen) atoms. The first-order valence-corrected chi connectivity index (χ1v) is 9.92. The third-order valence-corrected chi connectivity index (χ3v) is 5.39. The molecule has 3 aromatic rings. The zero-order valence-corrected chi connectivity index (χ0v) is 16.3. The van der Waals surface area contributed by atoms with Crippen molar-refractivity contribution in [3.05, 3.63) is 95.6 Å². The molecule has 4 rings (SSSR count). The number of carbonyl (C=O) groups excluding carboxylic acids is 1. The quantitative estimate of drug-likeness (QED) is 0.699. The fourth-order valence-electron chi connectivity index (χ4n) is 3.88. The van der Waals surface area contributed by atoms with Crippen molar-refractivity contribution in [2.45, 2.75) is 24.9 Å². The minimum Gasteiger partial charge on any atom is -0.349 e. The highest BCUT2D eigenvalue weighted by molar-refractivity contribution is 5.94. The molecule has 0 bridgehead atoms. The Morgan fingerprint density at radius 1 is 1.07 bits per heavy atom. The fourth-order valence-corrected chi connectivity index (χ4v) is 3.88. The lowest BCUT2D eigenvalue weighted by atomic mass is 9.96.